The number of amides is 2. The third-order valence-electron chi connectivity index (χ3n) is 3.56. The van der Waals surface area contributed by atoms with Crippen molar-refractivity contribution in [2.24, 2.45) is 0 Å². The molecular formula is C13H24N2O5S. The molecule has 2 N–H and O–H groups in total. The summed E-state index contributed by atoms with van der Waals surface area (Å²) in [6.45, 7) is 4.00. The number of carboxylic acid groups (broad SMARTS) is 1. The van der Waals surface area contributed by atoms with Crippen molar-refractivity contribution in [3.63, 3.8) is 0 Å². The number of aliphatic carboxylic acids is 1. The van der Waals surface area contributed by atoms with Crippen molar-refractivity contribution in [3.8, 4) is 0 Å². The molecule has 2 atom stereocenters. The van der Waals surface area contributed by atoms with Crippen LogP contribution in [0.2, 0.25) is 0 Å². The van der Waals surface area contributed by atoms with Gasteiger partial charge in [-0.2, -0.15) is 0 Å². The summed E-state index contributed by atoms with van der Waals surface area (Å²) < 4.78 is 23.2. The van der Waals surface area contributed by atoms with Crippen LogP contribution >= 0.6 is 0 Å². The Morgan fingerprint density at radius 3 is 2.67 bits per heavy atom. The van der Waals surface area contributed by atoms with Crippen LogP contribution in [0.4, 0.5) is 4.79 Å². The molecule has 0 saturated carbocycles. The number of urea groups is 1. The lowest BCUT2D eigenvalue weighted by Crippen LogP contribution is -2.56. The molecule has 0 aromatic heterocycles. The molecule has 8 heteroatoms. The predicted octanol–water partition coefficient (Wildman–Crippen LogP) is 0.848. The summed E-state index contributed by atoms with van der Waals surface area (Å²) in [5, 5.41) is 11.7. The number of nitrogens with zero attached hydrogens (tertiary/aromatic N) is 1. The van der Waals surface area contributed by atoms with Crippen LogP contribution in [0.15, 0.2) is 0 Å². The standard InChI is InChI=1S/C13H24N2O5S/c1-3-4-5-10(2)14-13(18)15-6-7-21(19,20)9-11(15)8-12(16)17/h10-11H,3-9H2,1-2H3,(H,14,18)(H,16,17). The second kappa shape index (κ2) is 7.63. The molecule has 1 rings (SSSR count). The maximum Gasteiger partial charge on any atom is 0.317 e. The molecule has 2 amide bonds. The molecule has 7 nitrogen and oxygen atoms in total. The molecule has 0 bridgehead atoms. The summed E-state index contributed by atoms with van der Waals surface area (Å²) in [7, 11) is -3.27. The summed E-state index contributed by atoms with van der Waals surface area (Å²) in [4.78, 5) is 24.4. The van der Waals surface area contributed by atoms with Crippen molar-refractivity contribution in [1.82, 2.24) is 10.2 Å². The fraction of sp³-hybridized carbons (Fsp3) is 0.846. The van der Waals surface area contributed by atoms with Crippen molar-refractivity contribution < 1.29 is 23.1 Å². The van der Waals surface area contributed by atoms with Crippen LogP contribution < -0.4 is 5.32 Å². The van der Waals surface area contributed by atoms with Gasteiger partial charge in [0.1, 0.15) is 0 Å². The van der Waals surface area contributed by atoms with Gasteiger partial charge in [-0.1, -0.05) is 19.8 Å². The summed E-state index contributed by atoms with van der Waals surface area (Å²) in [6, 6.07) is -1.18. The van der Waals surface area contributed by atoms with Gasteiger partial charge in [0, 0.05) is 12.6 Å². The average molecular weight is 320 g/mol. The molecule has 122 valence electrons. The lowest BCUT2D eigenvalue weighted by molar-refractivity contribution is -0.138. The number of carboxylic acids is 1. The molecular weight excluding hydrogens is 296 g/mol. The SMILES string of the molecule is CCCCC(C)NC(=O)N1CCS(=O)(=O)CC1CC(=O)O. The second-order valence-electron chi connectivity index (χ2n) is 5.55. The van der Waals surface area contributed by atoms with Crippen molar-refractivity contribution in [2.75, 3.05) is 18.1 Å². The van der Waals surface area contributed by atoms with Gasteiger partial charge in [0.15, 0.2) is 9.84 Å². The Hall–Kier alpha value is -1.31. The minimum Gasteiger partial charge on any atom is -0.481 e. The fourth-order valence-corrected chi connectivity index (χ4v) is 3.93. The summed E-state index contributed by atoms with van der Waals surface area (Å²) in [6.07, 6.45) is 2.52. The Bertz CT molecular complexity index is 477. The van der Waals surface area contributed by atoms with E-state index in [2.05, 4.69) is 12.2 Å². The van der Waals surface area contributed by atoms with E-state index in [9.17, 15) is 18.0 Å². The number of rotatable bonds is 6. The molecule has 2 unspecified atom stereocenters. The Morgan fingerprint density at radius 2 is 2.10 bits per heavy atom. The van der Waals surface area contributed by atoms with Gasteiger partial charge in [-0.05, 0) is 13.3 Å². The van der Waals surface area contributed by atoms with Crippen molar-refractivity contribution in [3.05, 3.63) is 0 Å². The van der Waals surface area contributed by atoms with Crippen LogP contribution in [-0.2, 0) is 14.6 Å². The number of carbonyl (C=O) groups is 2. The van der Waals surface area contributed by atoms with Crippen LogP contribution in [0.25, 0.3) is 0 Å². The zero-order chi connectivity index (χ0) is 16.0. The Labute approximate surface area is 125 Å². The van der Waals surface area contributed by atoms with E-state index in [1.54, 1.807) is 0 Å². The summed E-state index contributed by atoms with van der Waals surface area (Å²) in [5.41, 5.74) is 0. The van der Waals surface area contributed by atoms with E-state index < -0.39 is 21.8 Å². The highest BCUT2D eigenvalue weighted by Gasteiger charge is 2.35. The van der Waals surface area contributed by atoms with Gasteiger partial charge in [-0.15, -0.1) is 0 Å². The molecule has 0 aromatic carbocycles. The maximum absolute atomic E-state index is 12.2. The minimum absolute atomic E-state index is 0.0125. The molecule has 1 saturated heterocycles. The van der Waals surface area contributed by atoms with Gasteiger partial charge in [0.2, 0.25) is 0 Å². The predicted molar refractivity (Wildman–Crippen MR) is 78.9 cm³/mol. The maximum atomic E-state index is 12.2. The number of sulfone groups is 1. The second-order valence-corrected chi connectivity index (χ2v) is 7.78. The van der Waals surface area contributed by atoms with E-state index in [0.29, 0.717) is 0 Å². The molecule has 21 heavy (non-hydrogen) atoms. The Morgan fingerprint density at radius 1 is 1.43 bits per heavy atom. The highest BCUT2D eigenvalue weighted by Crippen LogP contribution is 2.15. The van der Waals surface area contributed by atoms with Crippen LogP contribution in [0.3, 0.4) is 0 Å². The van der Waals surface area contributed by atoms with Crippen molar-refractivity contribution in [1.29, 1.82) is 0 Å². The largest absolute Gasteiger partial charge is 0.481 e. The molecule has 1 aliphatic rings. The van der Waals surface area contributed by atoms with E-state index in [1.807, 2.05) is 6.92 Å². The Balaban J connectivity index is 2.68. The van der Waals surface area contributed by atoms with Gasteiger partial charge in [-0.3, -0.25) is 4.79 Å². The monoisotopic (exact) mass is 320 g/mol. The van der Waals surface area contributed by atoms with E-state index in [0.717, 1.165) is 19.3 Å². The van der Waals surface area contributed by atoms with Crippen LogP contribution in [0, 0.1) is 0 Å². The zero-order valence-corrected chi connectivity index (χ0v) is 13.4. The number of unbranched alkanes of at least 4 members (excludes halogenated alkanes) is 1. The van der Waals surface area contributed by atoms with Gasteiger partial charge in [-0.25, -0.2) is 13.2 Å². The molecule has 0 radical (unpaired) electrons. The summed E-state index contributed by atoms with van der Waals surface area (Å²) in [5.74, 6) is -1.50. The lowest BCUT2D eigenvalue weighted by atomic mass is 10.1. The van der Waals surface area contributed by atoms with E-state index in [1.165, 1.54) is 4.90 Å². The first-order valence-corrected chi connectivity index (χ1v) is 9.06. The smallest absolute Gasteiger partial charge is 0.317 e. The highest BCUT2D eigenvalue weighted by molar-refractivity contribution is 7.91. The molecule has 1 aliphatic heterocycles. The number of hydrogen-bond acceptors (Lipinski definition) is 4. The fourth-order valence-electron chi connectivity index (χ4n) is 2.40. The Kier molecular flexibility index (Phi) is 6.44. The quantitative estimate of drug-likeness (QED) is 0.755. The first-order valence-electron chi connectivity index (χ1n) is 7.24. The number of hydrogen-bond donors (Lipinski definition) is 2. The lowest BCUT2D eigenvalue weighted by Gasteiger charge is -2.35. The van der Waals surface area contributed by atoms with Crippen molar-refractivity contribution in [2.45, 2.75) is 51.6 Å². The molecule has 1 heterocycles. The third-order valence-corrected chi connectivity index (χ3v) is 5.26. The van der Waals surface area contributed by atoms with Gasteiger partial charge < -0.3 is 15.3 Å². The van der Waals surface area contributed by atoms with Crippen molar-refractivity contribution >= 4 is 21.8 Å². The normalized spacial score (nSPS) is 22.6. The van der Waals surface area contributed by atoms with E-state index in [-0.39, 0.29) is 36.5 Å². The highest BCUT2D eigenvalue weighted by atomic mass is 32.2. The first-order chi connectivity index (χ1) is 9.75. The molecule has 0 spiro atoms. The van der Waals surface area contributed by atoms with Crippen LogP contribution in [-0.4, -0.2) is 60.6 Å². The van der Waals surface area contributed by atoms with Gasteiger partial charge in [0.05, 0.1) is 24.0 Å². The van der Waals surface area contributed by atoms with Crippen LogP contribution in [0.5, 0.6) is 0 Å². The van der Waals surface area contributed by atoms with Gasteiger partial charge in [0.25, 0.3) is 0 Å². The van der Waals surface area contributed by atoms with E-state index >= 15 is 0 Å². The van der Waals surface area contributed by atoms with Crippen LogP contribution in [0.1, 0.15) is 39.5 Å². The minimum atomic E-state index is -3.27. The number of carbonyl (C=O) groups excluding carboxylic acids is 1. The molecule has 1 fully saturated rings. The third kappa shape index (κ3) is 5.91. The van der Waals surface area contributed by atoms with Gasteiger partial charge >= 0.3 is 12.0 Å². The average Bonchev–Trinajstić information content (AvgIpc) is 2.34. The molecule has 0 aliphatic carbocycles. The number of nitrogens with one attached hydrogen (secondary N) is 1. The summed E-state index contributed by atoms with van der Waals surface area (Å²) >= 11 is 0. The van der Waals surface area contributed by atoms with E-state index in [4.69, 9.17) is 5.11 Å². The molecule has 0 aromatic rings. The first kappa shape index (κ1) is 17.7. The topological polar surface area (TPSA) is 104 Å². The zero-order valence-electron chi connectivity index (χ0n) is 12.5.